The molecule has 3 rings (SSSR count). The number of aromatic nitrogens is 2. The van der Waals surface area contributed by atoms with Crippen molar-refractivity contribution in [3.63, 3.8) is 0 Å². The standard InChI is InChI=1S/C16H17N3O3/c1-11-6-7-16(21)19(18-11)10-15(20)17-9-13-8-12-4-2-3-5-14(12)22-13/h2-7,13H,8-10H2,1H3,(H,17,20). The Bertz CT molecular complexity index is 729. The number of aryl methyl sites for hydroxylation is 1. The third kappa shape index (κ3) is 3.16. The number of hydrogen-bond donors (Lipinski definition) is 1. The van der Waals surface area contributed by atoms with E-state index in [2.05, 4.69) is 10.4 Å². The predicted molar refractivity (Wildman–Crippen MR) is 80.8 cm³/mol. The van der Waals surface area contributed by atoms with E-state index in [1.54, 1.807) is 13.0 Å². The molecule has 1 aromatic carbocycles. The minimum Gasteiger partial charge on any atom is -0.488 e. The summed E-state index contributed by atoms with van der Waals surface area (Å²) in [6, 6.07) is 10.9. The quantitative estimate of drug-likeness (QED) is 0.900. The van der Waals surface area contributed by atoms with E-state index in [-0.39, 0.29) is 24.1 Å². The van der Waals surface area contributed by atoms with Crippen molar-refractivity contribution >= 4 is 5.91 Å². The third-order valence-electron chi connectivity index (χ3n) is 3.53. The lowest BCUT2D eigenvalue weighted by Crippen LogP contribution is -2.38. The largest absolute Gasteiger partial charge is 0.488 e. The summed E-state index contributed by atoms with van der Waals surface area (Å²) in [5.41, 5.74) is 1.56. The molecule has 0 fully saturated rings. The molecule has 1 unspecified atom stereocenters. The number of rotatable bonds is 4. The first-order valence-corrected chi connectivity index (χ1v) is 7.18. The molecule has 22 heavy (non-hydrogen) atoms. The molecule has 114 valence electrons. The first-order valence-electron chi connectivity index (χ1n) is 7.18. The van der Waals surface area contributed by atoms with Crippen molar-refractivity contribution in [3.8, 4) is 5.75 Å². The van der Waals surface area contributed by atoms with Crippen LogP contribution in [0.3, 0.4) is 0 Å². The van der Waals surface area contributed by atoms with Crippen LogP contribution in [-0.2, 0) is 17.8 Å². The van der Waals surface area contributed by atoms with E-state index in [1.165, 1.54) is 6.07 Å². The summed E-state index contributed by atoms with van der Waals surface area (Å²) in [5.74, 6) is 0.623. The fraction of sp³-hybridized carbons (Fsp3) is 0.312. The van der Waals surface area contributed by atoms with Gasteiger partial charge in [-0.25, -0.2) is 4.68 Å². The topological polar surface area (TPSA) is 73.2 Å². The lowest BCUT2D eigenvalue weighted by molar-refractivity contribution is -0.122. The van der Waals surface area contributed by atoms with Gasteiger partial charge in [0.25, 0.3) is 5.56 Å². The molecule has 0 bridgehead atoms. The third-order valence-corrected chi connectivity index (χ3v) is 3.53. The average Bonchev–Trinajstić information content (AvgIpc) is 2.92. The van der Waals surface area contributed by atoms with Crippen LogP contribution in [0.25, 0.3) is 0 Å². The Kier molecular flexibility index (Phi) is 3.91. The van der Waals surface area contributed by atoms with E-state index in [0.717, 1.165) is 22.4 Å². The summed E-state index contributed by atoms with van der Waals surface area (Å²) >= 11 is 0. The summed E-state index contributed by atoms with van der Waals surface area (Å²) in [4.78, 5) is 23.6. The molecule has 2 aromatic rings. The number of fused-ring (bicyclic) bond motifs is 1. The highest BCUT2D eigenvalue weighted by atomic mass is 16.5. The maximum absolute atomic E-state index is 11.9. The fourth-order valence-electron chi connectivity index (χ4n) is 2.45. The molecular formula is C16H17N3O3. The minimum atomic E-state index is -0.287. The number of nitrogens with zero attached hydrogens (tertiary/aromatic N) is 2. The summed E-state index contributed by atoms with van der Waals surface area (Å²) in [6.45, 7) is 2.10. The average molecular weight is 299 g/mol. The Morgan fingerprint density at radius 2 is 2.18 bits per heavy atom. The van der Waals surface area contributed by atoms with Gasteiger partial charge in [-0.1, -0.05) is 18.2 Å². The van der Waals surface area contributed by atoms with Crippen LogP contribution >= 0.6 is 0 Å². The van der Waals surface area contributed by atoms with Crippen molar-refractivity contribution in [2.45, 2.75) is 26.0 Å². The van der Waals surface area contributed by atoms with Crippen LogP contribution in [0.15, 0.2) is 41.2 Å². The smallest absolute Gasteiger partial charge is 0.267 e. The second-order valence-corrected chi connectivity index (χ2v) is 5.33. The number of nitrogens with one attached hydrogen (secondary N) is 1. The second-order valence-electron chi connectivity index (χ2n) is 5.33. The van der Waals surface area contributed by atoms with Gasteiger partial charge in [-0.05, 0) is 24.6 Å². The number of para-hydroxylation sites is 1. The Balaban J connectivity index is 1.53. The molecule has 6 heteroatoms. The van der Waals surface area contributed by atoms with Gasteiger partial charge in [0.15, 0.2) is 0 Å². The van der Waals surface area contributed by atoms with Crippen molar-refractivity contribution in [2.24, 2.45) is 0 Å². The van der Waals surface area contributed by atoms with Gasteiger partial charge >= 0.3 is 0 Å². The van der Waals surface area contributed by atoms with Gasteiger partial charge in [-0.3, -0.25) is 9.59 Å². The van der Waals surface area contributed by atoms with E-state index in [9.17, 15) is 9.59 Å². The predicted octanol–water partition coefficient (Wildman–Crippen LogP) is 0.672. The normalized spacial score (nSPS) is 16.0. The van der Waals surface area contributed by atoms with E-state index in [4.69, 9.17) is 4.74 Å². The fourth-order valence-corrected chi connectivity index (χ4v) is 2.45. The molecular weight excluding hydrogens is 282 g/mol. The summed E-state index contributed by atoms with van der Waals surface area (Å²) < 4.78 is 6.91. The zero-order chi connectivity index (χ0) is 15.5. The molecule has 2 heterocycles. The summed E-state index contributed by atoms with van der Waals surface area (Å²) in [6.07, 6.45) is 0.711. The van der Waals surface area contributed by atoms with Crippen LogP contribution in [0.5, 0.6) is 5.75 Å². The molecule has 6 nitrogen and oxygen atoms in total. The van der Waals surface area contributed by atoms with Crippen molar-refractivity contribution < 1.29 is 9.53 Å². The highest BCUT2D eigenvalue weighted by Crippen LogP contribution is 2.27. The molecule has 1 aromatic heterocycles. The van der Waals surface area contributed by atoms with Crippen LogP contribution in [0, 0.1) is 6.92 Å². The molecule has 1 amide bonds. The minimum absolute atomic E-state index is 0.0662. The molecule has 1 atom stereocenters. The summed E-state index contributed by atoms with van der Waals surface area (Å²) in [7, 11) is 0. The van der Waals surface area contributed by atoms with Crippen molar-refractivity contribution in [1.29, 1.82) is 0 Å². The molecule has 1 N–H and O–H groups in total. The Hall–Kier alpha value is -2.63. The number of amides is 1. The number of ether oxygens (including phenoxy) is 1. The lowest BCUT2D eigenvalue weighted by Gasteiger charge is -2.12. The highest BCUT2D eigenvalue weighted by molar-refractivity contribution is 5.75. The maximum atomic E-state index is 11.9. The van der Waals surface area contributed by atoms with Crippen LogP contribution < -0.4 is 15.6 Å². The number of carbonyl (C=O) groups excluding carboxylic acids is 1. The second kappa shape index (κ2) is 6.01. The molecule has 0 saturated carbocycles. The van der Waals surface area contributed by atoms with Gasteiger partial charge < -0.3 is 10.1 Å². The molecule has 0 radical (unpaired) electrons. The van der Waals surface area contributed by atoms with Gasteiger partial charge in [-0.2, -0.15) is 5.10 Å². The van der Waals surface area contributed by atoms with E-state index < -0.39 is 0 Å². The monoisotopic (exact) mass is 299 g/mol. The first kappa shape index (κ1) is 14.3. The number of hydrogen-bond acceptors (Lipinski definition) is 4. The van der Waals surface area contributed by atoms with Crippen LogP contribution in [0.4, 0.5) is 0 Å². The SMILES string of the molecule is Cc1ccc(=O)n(CC(=O)NCC2Cc3ccccc3O2)n1. The molecule has 1 aliphatic heterocycles. The van der Waals surface area contributed by atoms with E-state index in [1.807, 2.05) is 24.3 Å². The van der Waals surface area contributed by atoms with Crippen molar-refractivity contribution in [1.82, 2.24) is 15.1 Å². The number of benzene rings is 1. The van der Waals surface area contributed by atoms with Crippen molar-refractivity contribution in [3.05, 3.63) is 58.0 Å². The van der Waals surface area contributed by atoms with E-state index in [0.29, 0.717) is 12.2 Å². The highest BCUT2D eigenvalue weighted by Gasteiger charge is 2.22. The van der Waals surface area contributed by atoms with E-state index >= 15 is 0 Å². The van der Waals surface area contributed by atoms with Crippen molar-refractivity contribution in [2.75, 3.05) is 6.54 Å². The zero-order valence-electron chi connectivity index (χ0n) is 12.3. The van der Waals surface area contributed by atoms with Gasteiger partial charge in [0.1, 0.15) is 18.4 Å². The molecule has 0 saturated heterocycles. The zero-order valence-corrected chi connectivity index (χ0v) is 12.3. The summed E-state index contributed by atoms with van der Waals surface area (Å²) in [5, 5.41) is 6.83. The van der Waals surface area contributed by atoms with Crippen LogP contribution in [0.2, 0.25) is 0 Å². The maximum Gasteiger partial charge on any atom is 0.267 e. The lowest BCUT2D eigenvalue weighted by atomic mass is 10.1. The Labute approximate surface area is 127 Å². The molecule has 1 aliphatic rings. The number of carbonyl (C=O) groups is 1. The molecule has 0 spiro atoms. The van der Waals surface area contributed by atoms with Crippen LogP contribution in [-0.4, -0.2) is 28.3 Å². The van der Waals surface area contributed by atoms with Gasteiger partial charge in [0.2, 0.25) is 5.91 Å². The Morgan fingerprint density at radius 1 is 1.36 bits per heavy atom. The van der Waals surface area contributed by atoms with Gasteiger partial charge in [0.05, 0.1) is 12.2 Å². The first-order chi connectivity index (χ1) is 10.6. The Morgan fingerprint density at radius 3 is 3.00 bits per heavy atom. The van der Waals surface area contributed by atoms with Gasteiger partial charge in [-0.15, -0.1) is 0 Å². The van der Waals surface area contributed by atoms with Gasteiger partial charge in [0, 0.05) is 12.5 Å². The van der Waals surface area contributed by atoms with Crippen LogP contribution in [0.1, 0.15) is 11.3 Å². The molecule has 0 aliphatic carbocycles.